The monoisotopic (exact) mass is 374 g/mol. The highest BCUT2D eigenvalue weighted by Gasteiger charge is 2.21. The first-order valence-electron chi connectivity index (χ1n) is 7.41. The molecular formula is C16H20Cl2N2O2S. The van der Waals surface area contributed by atoms with Gasteiger partial charge in [0.1, 0.15) is 0 Å². The summed E-state index contributed by atoms with van der Waals surface area (Å²) in [5.41, 5.74) is 1.93. The molecule has 0 radical (unpaired) electrons. The van der Waals surface area contributed by atoms with Crippen molar-refractivity contribution in [3.63, 3.8) is 0 Å². The van der Waals surface area contributed by atoms with Gasteiger partial charge in [0.2, 0.25) is 5.91 Å². The van der Waals surface area contributed by atoms with Gasteiger partial charge in [0.15, 0.2) is 0 Å². The minimum atomic E-state index is -0.0293. The van der Waals surface area contributed by atoms with Crippen molar-refractivity contribution in [1.29, 1.82) is 0 Å². The van der Waals surface area contributed by atoms with Crippen molar-refractivity contribution in [3.05, 3.63) is 44.4 Å². The quantitative estimate of drug-likeness (QED) is 0.768. The number of aliphatic hydroxyl groups excluding tert-OH is 1. The van der Waals surface area contributed by atoms with Crippen molar-refractivity contribution < 1.29 is 9.90 Å². The number of carbonyl (C=O) groups is 1. The fraction of sp³-hybridized carbons (Fsp3) is 0.438. The zero-order valence-corrected chi connectivity index (χ0v) is 15.3. The zero-order valence-electron chi connectivity index (χ0n) is 12.9. The number of rotatable bonds is 7. The maximum Gasteiger partial charge on any atom is 0.239 e. The molecule has 0 bridgehead atoms. The molecule has 0 fully saturated rings. The van der Waals surface area contributed by atoms with E-state index in [1.807, 2.05) is 11.8 Å². The van der Waals surface area contributed by atoms with Crippen LogP contribution in [0.1, 0.15) is 18.9 Å². The van der Waals surface area contributed by atoms with E-state index in [9.17, 15) is 4.79 Å². The van der Waals surface area contributed by atoms with Gasteiger partial charge in [-0.05, 0) is 31.0 Å². The van der Waals surface area contributed by atoms with Gasteiger partial charge in [0.05, 0.1) is 12.4 Å². The Kier molecular flexibility index (Phi) is 7.09. The lowest BCUT2D eigenvalue weighted by molar-refractivity contribution is -0.121. The maximum absolute atomic E-state index is 12.1. The molecule has 0 unspecified atom stereocenters. The van der Waals surface area contributed by atoms with Gasteiger partial charge in [-0.25, -0.2) is 0 Å². The van der Waals surface area contributed by atoms with E-state index in [1.54, 1.807) is 30.0 Å². The second-order valence-corrected chi connectivity index (χ2v) is 7.11. The minimum absolute atomic E-state index is 0.0293. The fourth-order valence-electron chi connectivity index (χ4n) is 2.38. The van der Waals surface area contributed by atoms with E-state index in [4.69, 9.17) is 28.3 Å². The van der Waals surface area contributed by atoms with Crippen molar-refractivity contribution >= 4 is 40.9 Å². The van der Waals surface area contributed by atoms with Gasteiger partial charge >= 0.3 is 0 Å². The number of hydrogen-bond donors (Lipinski definition) is 2. The standard InChI is InChI=1S/C16H20Cl2N2O2S/c1-11-15(6-8-21)23-10-20(11)9-16(22)19-7-5-12-13(17)3-2-4-14(12)18/h2-4,21H,5-10H2,1H3,(H,19,22). The number of nitrogens with zero attached hydrogens (tertiary/aromatic N) is 1. The zero-order chi connectivity index (χ0) is 16.8. The second kappa shape index (κ2) is 8.83. The molecule has 0 aromatic heterocycles. The molecule has 1 aromatic carbocycles. The summed E-state index contributed by atoms with van der Waals surface area (Å²) in [6.07, 6.45) is 1.25. The van der Waals surface area contributed by atoms with E-state index in [2.05, 4.69) is 5.32 Å². The van der Waals surface area contributed by atoms with Gasteiger partial charge in [-0.3, -0.25) is 4.79 Å². The molecular weight excluding hydrogens is 355 g/mol. The van der Waals surface area contributed by atoms with Gasteiger partial charge in [-0.2, -0.15) is 0 Å². The Labute approximate surface area is 150 Å². The number of benzene rings is 1. The Morgan fingerprint density at radius 3 is 2.70 bits per heavy atom. The number of hydrogen-bond acceptors (Lipinski definition) is 4. The highest BCUT2D eigenvalue weighted by atomic mass is 35.5. The molecule has 126 valence electrons. The normalized spacial score (nSPS) is 14.5. The van der Waals surface area contributed by atoms with E-state index in [0.717, 1.165) is 22.0 Å². The van der Waals surface area contributed by atoms with Gasteiger partial charge in [0.25, 0.3) is 0 Å². The molecule has 1 amide bonds. The van der Waals surface area contributed by atoms with Crippen LogP contribution in [0.25, 0.3) is 0 Å². The van der Waals surface area contributed by atoms with Gasteiger partial charge in [0, 0.05) is 40.2 Å². The Bertz CT molecular complexity index is 587. The van der Waals surface area contributed by atoms with Crippen molar-refractivity contribution in [3.8, 4) is 0 Å². The molecule has 0 aliphatic carbocycles. The SMILES string of the molecule is CC1=C(CCO)SCN1CC(=O)NCCc1c(Cl)cccc1Cl. The molecule has 7 heteroatoms. The number of thioether (sulfide) groups is 1. The number of carbonyl (C=O) groups excluding carboxylic acids is 1. The molecule has 1 aliphatic rings. The third-order valence-electron chi connectivity index (χ3n) is 3.70. The summed E-state index contributed by atoms with van der Waals surface area (Å²) < 4.78 is 0. The Morgan fingerprint density at radius 2 is 2.04 bits per heavy atom. The highest BCUT2D eigenvalue weighted by molar-refractivity contribution is 8.03. The van der Waals surface area contributed by atoms with Crippen LogP contribution in [0, 0.1) is 0 Å². The minimum Gasteiger partial charge on any atom is -0.396 e. The lowest BCUT2D eigenvalue weighted by Crippen LogP contribution is -2.36. The summed E-state index contributed by atoms with van der Waals surface area (Å²) in [6, 6.07) is 5.39. The van der Waals surface area contributed by atoms with Crippen LogP contribution in [0.15, 0.2) is 28.8 Å². The highest BCUT2D eigenvalue weighted by Crippen LogP contribution is 2.33. The Morgan fingerprint density at radius 1 is 1.35 bits per heavy atom. The van der Waals surface area contributed by atoms with E-state index in [0.29, 0.717) is 36.0 Å². The van der Waals surface area contributed by atoms with Crippen LogP contribution in [-0.2, 0) is 11.2 Å². The first-order valence-corrected chi connectivity index (χ1v) is 9.15. The van der Waals surface area contributed by atoms with Crippen molar-refractivity contribution in [2.24, 2.45) is 0 Å². The predicted molar refractivity (Wildman–Crippen MR) is 96.7 cm³/mol. The summed E-state index contributed by atoms with van der Waals surface area (Å²) in [5, 5.41) is 13.2. The van der Waals surface area contributed by atoms with Crippen LogP contribution < -0.4 is 5.32 Å². The predicted octanol–water partition coefficient (Wildman–Crippen LogP) is 3.27. The lowest BCUT2D eigenvalue weighted by atomic mass is 10.1. The van der Waals surface area contributed by atoms with Crippen LogP contribution >= 0.6 is 35.0 Å². The van der Waals surface area contributed by atoms with Crippen LogP contribution in [0.3, 0.4) is 0 Å². The molecule has 4 nitrogen and oxygen atoms in total. The summed E-state index contributed by atoms with van der Waals surface area (Å²) in [5.74, 6) is 0.726. The molecule has 1 aliphatic heterocycles. The molecule has 23 heavy (non-hydrogen) atoms. The van der Waals surface area contributed by atoms with Crippen molar-refractivity contribution in [1.82, 2.24) is 10.2 Å². The third-order valence-corrected chi connectivity index (χ3v) is 5.70. The van der Waals surface area contributed by atoms with Gasteiger partial charge in [-0.1, -0.05) is 29.3 Å². The summed E-state index contributed by atoms with van der Waals surface area (Å²) in [6.45, 7) is 2.94. The van der Waals surface area contributed by atoms with E-state index >= 15 is 0 Å². The average Bonchev–Trinajstić information content (AvgIpc) is 2.84. The molecule has 1 aromatic rings. The maximum atomic E-state index is 12.1. The van der Waals surface area contributed by atoms with E-state index < -0.39 is 0 Å². The van der Waals surface area contributed by atoms with E-state index in [1.165, 1.54) is 0 Å². The van der Waals surface area contributed by atoms with Gasteiger partial charge < -0.3 is 15.3 Å². The number of allylic oxidation sites excluding steroid dienone is 1. The first kappa shape index (κ1) is 18.5. The number of nitrogens with one attached hydrogen (secondary N) is 1. The summed E-state index contributed by atoms with van der Waals surface area (Å²) in [4.78, 5) is 15.2. The lowest BCUT2D eigenvalue weighted by Gasteiger charge is -2.18. The number of amides is 1. The van der Waals surface area contributed by atoms with Crippen LogP contribution in [-0.4, -0.2) is 41.5 Å². The second-order valence-electron chi connectivity index (χ2n) is 5.25. The molecule has 2 N–H and O–H groups in total. The molecule has 0 saturated heterocycles. The first-order chi connectivity index (χ1) is 11.0. The molecule has 0 saturated carbocycles. The molecule has 1 heterocycles. The average molecular weight is 375 g/mol. The van der Waals surface area contributed by atoms with Gasteiger partial charge in [-0.15, -0.1) is 11.8 Å². The van der Waals surface area contributed by atoms with E-state index in [-0.39, 0.29) is 12.5 Å². The molecule has 0 atom stereocenters. The largest absolute Gasteiger partial charge is 0.396 e. The third kappa shape index (κ3) is 5.05. The Hall–Kier alpha value is -0.880. The van der Waals surface area contributed by atoms with Crippen molar-refractivity contribution in [2.45, 2.75) is 19.8 Å². The van der Waals surface area contributed by atoms with Crippen LogP contribution in [0.2, 0.25) is 10.0 Å². The summed E-state index contributed by atoms with van der Waals surface area (Å²) in [7, 11) is 0. The van der Waals surface area contributed by atoms with Crippen molar-refractivity contribution in [2.75, 3.05) is 25.6 Å². The fourth-order valence-corrected chi connectivity index (χ4v) is 4.14. The number of aliphatic hydroxyl groups is 1. The topological polar surface area (TPSA) is 52.6 Å². The van der Waals surface area contributed by atoms with Crippen LogP contribution in [0.4, 0.5) is 0 Å². The number of halogens is 2. The smallest absolute Gasteiger partial charge is 0.239 e. The molecule has 2 rings (SSSR count). The summed E-state index contributed by atoms with van der Waals surface area (Å²) >= 11 is 13.9. The Balaban J connectivity index is 1.80. The van der Waals surface area contributed by atoms with Crippen LogP contribution in [0.5, 0.6) is 0 Å². The molecule has 0 spiro atoms.